The van der Waals surface area contributed by atoms with Gasteiger partial charge in [-0.2, -0.15) is 11.8 Å². The number of rotatable bonds is 7. The quantitative estimate of drug-likeness (QED) is 0.827. The highest BCUT2D eigenvalue weighted by atomic mass is 32.2. The summed E-state index contributed by atoms with van der Waals surface area (Å²) in [4.78, 5) is 2.65. The molecule has 1 aromatic rings. The van der Waals surface area contributed by atoms with Crippen LogP contribution in [0.4, 0.5) is 0 Å². The first kappa shape index (κ1) is 15.9. The van der Waals surface area contributed by atoms with Crippen LogP contribution in [0, 0.1) is 0 Å². The predicted octanol–water partition coefficient (Wildman–Crippen LogP) is 3.55. The van der Waals surface area contributed by atoms with Crippen molar-refractivity contribution in [1.29, 1.82) is 0 Å². The predicted molar refractivity (Wildman–Crippen MR) is 90.5 cm³/mol. The average molecular weight is 292 g/mol. The van der Waals surface area contributed by atoms with Crippen LogP contribution in [0.15, 0.2) is 30.3 Å². The van der Waals surface area contributed by atoms with Crippen molar-refractivity contribution in [2.45, 2.75) is 38.8 Å². The molecular weight excluding hydrogens is 264 g/mol. The average Bonchev–Trinajstić information content (AvgIpc) is 2.50. The normalized spacial score (nSPS) is 21.8. The van der Waals surface area contributed by atoms with Gasteiger partial charge >= 0.3 is 0 Å². The Bertz CT molecular complexity index is 369. The van der Waals surface area contributed by atoms with Gasteiger partial charge in [0.2, 0.25) is 0 Å². The number of thioether (sulfide) groups is 1. The van der Waals surface area contributed by atoms with E-state index in [0.29, 0.717) is 6.04 Å². The minimum atomic E-state index is 0.498. The fourth-order valence-electron chi connectivity index (χ4n) is 2.78. The van der Waals surface area contributed by atoms with Crippen molar-refractivity contribution in [1.82, 2.24) is 10.2 Å². The lowest BCUT2D eigenvalue weighted by molar-refractivity contribution is 0.219. The summed E-state index contributed by atoms with van der Waals surface area (Å²) in [5.74, 6) is 2.58. The molecule has 2 rings (SSSR count). The molecule has 0 radical (unpaired) electrons. The maximum Gasteiger partial charge on any atom is 0.0332 e. The highest BCUT2D eigenvalue weighted by Gasteiger charge is 2.20. The molecule has 3 heteroatoms. The molecule has 0 amide bonds. The van der Waals surface area contributed by atoms with Gasteiger partial charge < -0.3 is 5.32 Å². The van der Waals surface area contributed by atoms with Gasteiger partial charge in [0.25, 0.3) is 0 Å². The maximum atomic E-state index is 3.71. The first-order chi connectivity index (χ1) is 9.81. The van der Waals surface area contributed by atoms with Crippen molar-refractivity contribution in [2.75, 3.05) is 31.1 Å². The second-order valence-electron chi connectivity index (χ2n) is 5.67. The third-order valence-electron chi connectivity index (χ3n) is 4.05. The third kappa shape index (κ3) is 4.80. The van der Waals surface area contributed by atoms with E-state index in [1.807, 2.05) is 0 Å². The number of nitrogens with zero attached hydrogens (tertiary/aromatic N) is 1. The summed E-state index contributed by atoms with van der Waals surface area (Å²) in [6.45, 7) is 8.16. The van der Waals surface area contributed by atoms with Gasteiger partial charge in [0.15, 0.2) is 0 Å². The molecule has 1 N–H and O–H groups in total. The Morgan fingerprint density at radius 3 is 2.85 bits per heavy atom. The molecule has 0 aliphatic carbocycles. The summed E-state index contributed by atoms with van der Waals surface area (Å²) in [5, 5.41) is 3.71. The minimum Gasteiger partial charge on any atom is -0.310 e. The molecule has 1 saturated heterocycles. The Balaban J connectivity index is 1.90. The van der Waals surface area contributed by atoms with E-state index in [1.54, 1.807) is 0 Å². The molecule has 0 aromatic heterocycles. The Morgan fingerprint density at radius 1 is 1.35 bits per heavy atom. The molecule has 1 fully saturated rings. The third-order valence-corrected chi connectivity index (χ3v) is 5.24. The van der Waals surface area contributed by atoms with E-state index in [9.17, 15) is 0 Å². The zero-order valence-electron chi connectivity index (χ0n) is 12.8. The van der Waals surface area contributed by atoms with Crippen molar-refractivity contribution >= 4 is 11.8 Å². The molecule has 2 nitrogen and oxygen atoms in total. The van der Waals surface area contributed by atoms with Gasteiger partial charge in [-0.05, 0) is 31.9 Å². The monoisotopic (exact) mass is 292 g/mol. The number of hydrogen-bond acceptors (Lipinski definition) is 3. The zero-order chi connectivity index (χ0) is 14.2. The van der Waals surface area contributed by atoms with Gasteiger partial charge in [-0.3, -0.25) is 4.90 Å². The van der Waals surface area contributed by atoms with E-state index in [4.69, 9.17) is 0 Å². The summed E-state index contributed by atoms with van der Waals surface area (Å²) < 4.78 is 0. The zero-order valence-corrected chi connectivity index (χ0v) is 13.7. The van der Waals surface area contributed by atoms with Crippen molar-refractivity contribution in [3.05, 3.63) is 35.9 Å². The molecule has 2 unspecified atom stereocenters. The van der Waals surface area contributed by atoms with Crippen LogP contribution in [0.5, 0.6) is 0 Å². The SMILES string of the molecule is CCCNC(CCN1CCSCC1C)c1ccccc1. The van der Waals surface area contributed by atoms with Crippen LogP contribution in [0.3, 0.4) is 0 Å². The fraction of sp³-hybridized carbons (Fsp3) is 0.647. The van der Waals surface area contributed by atoms with Crippen LogP contribution >= 0.6 is 11.8 Å². The van der Waals surface area contributed by atoms with E-state index in [2.05, 4.69) is 66.2 Å². The topological polar surface area (TPSA) is 15.3 Å². The fourth-order valence-corrected chi connectivity index (χ4v) is 3.86. The van der Waals surface area contributed by atoms with Crippen LogP contribution in [-0.4, -0.2) is 42.1 Å². The summed E-state index contributed by atoms with van der Waals surface area (Å²) >= 11 is 2.09. The second-order valence-corrected chi connectivity index (χ2v) is 6.82. The summed E-state index contributed by atoms with van der Waals surface area (Å²) in [6.07, 6.45) is 2.40. The van der Waals surface area contributed by atoms with Crippen LogP contribution < -0.4 is 5.32 Å². The standard InChI is InChI=1S/C17H28N2S/c1-3-10-18-17(16-7-5-4-6-8-16)9-11-19-12-13-20-14-15(19)2/h4-8,15,17-18H,3,9-14H2,1-2H3. The van der Waals surface area contributed by atoms with Crippen LogP contribution in [0.2, 0.25) is 0 Å². The molecule has 2 atom stereocenters. The highest BCUT2D eigenvalue weighted by molar-refractivity contribution is 7.99. The van der Waals surface area contributed by atoms with Crippen molar-refractivity contribution in [3.8, 4) is 0 Å². The van der Waals surface area contributed by atoms with E-state index in [1.165, 1.54) is 43.0 Å². The smallest absolute Gasteiger partial charge is 0.0332 e. The largest absolute Gasteiger partial charge is 0.310 e. The Hall–Kier alpha value is -0.510. The van der Waals surface area contributed by atoms with Crippen molar-refractivity contribution < 1.29 is 0 Å². The highest BCUT2D eigenvalue weighted by Crippen LogP contribution is 2.21. The molecule has 1 heterocycles. The van der Waals surface area contributed by atoms with Gasteiger partial charge in [0.1, 0.15) is 0 Å². The maximum absolute atomic E-state index is 3.71. The lowest BCUT2D eigenvalue weighted by Crippen LogP contribution is -2.42. The number of benzene rings is 1. The van der Waals surface area contributed by atoms with Gasteiger partial charge in [0, 0.05) is 36.7 Å². The first-order valence-electron chi connectivity index (χ1n) is 7.91. The van der Waals surface area contributed by atoms with Gasteiger partial charge in [0.05, 0.1) is 0 Å². The molecule has 112 valence electrons. The lowest BCUT2D eigenvalue weighted by Gasteiger charge is -2.34. The number of nitrogens with one attached hydrogen (secondary N) is 1. The van der Waals surface area contributed by atoms with Crippen LogP contribution in [0.1, 0.15) is 38.3 Å². The molecule has 1 aliphatic rings. The Morgan fingerprint density at radius 2 is 2.15 bits per heavy atom. The molecular formula is C17H28N2S. The second kappa shape index (κ2) is 8.71. The van der Waals surface area contributed by atoms with E-state index < -0.39 is 0 Å². The van der Waals surface area contributed by atoms with Gasteiger partial charge in [-0.1, -0.05) is 37.3 Å². The molecule has 0 spiro atoms. The molecule has 1 aliphatic heterocycles. The minimum absolute atomic E-state index is 0.498. The first-order valence-corrected chi connectivity index (χ1v) is 9.07. The van der Waals surface area contributed by atoms with Crippen LogP contribution in [0.25, 0.3) is 0 Å². The van der Waals surface area contributed by atoms with Crippen molar-refractivity contribution in [3.63, 3.8) is 0 Å². The summed E-state index contributed by atoms with van der Waals surface area (Å²) in [5.41, 5.74) is 1.43. The lowest BCUT2D eigenvalue weighted by atomic mass is 10.0. The molecule has 0 bridgehead atoms. The summed E-state index contributed by atoms with van der Waals surface area (Å²) in [6, 6.07) is 12.1. The summed E-state index contributed by atoms with van der Waals surface area (Å²) in [7, 11) is 0. The van der Waals surface area contributed by atoms with Crippen molar-refractivity contribution in [2.24, 2.45) is 0 Å². The molecule has 1 aromatic carbocycles. The van der Waals surface area contributed by atoms with Gasteiger partial charge in [-0.15, -0.1) is 0 Å². The Kier molecular flexibility index (Phi) is 6.91. The number of hydrogen-bond donors (Lipinski definition) is 1. The van der Waals surface area contributed by atoms with E-state index in [0.717, 1.165) is 12.6 Å². The van der Waals surface area contributed by atoms with E-state index >= 15 is 0 Å². The molecule has 20 heavy (non-hydrogen) atoms. The van der Waals surface area contributed by atoms with E-state index in [-0.39, 0.29) is 0 Å². The Labute approximate surface area is 128 Å². The van der Waals surface area contributed by atoms with Gasteiger partial charge in [-0.25, -0.2) is 0 Å². The molecule has 0 saturated carbocycles. The van der Waals surface area contributed by atoms with Crippen LogP contribution in [-0.2, 0) is 0 Å².